The lowest BCUT2D eigenvalue weighted by Gasteiger charge is -2.36. The molecule has 3 aromatic heterocycles. The van der Waals surface area contributed by atoms with E-state index in [9.17, 15) is 0 Å². The molecule has 34 heavy (non-hydrogen) atoms. The van der Waals surface area contributed by atoms with Crippen LogP contribution in [-0.4, -0.2) is 58.8 Å². The van der Waals surface area contributed by atoms with Crippen LogP contribution in [0.5, 0.6) is 0 Å². The van der Waals surface area contributed by atoms with Gasteiger partial charge >= 0.3 is 0 Å². The molecule has 0 bridgehead atoms. The highest BCUT2D eigenvalue weighted by molar-refractivity contribution is 7.26. The maximum absolute atomic E-state index is 6.22. The van der Waals surface area contributed by atoms with E-state index in [0.29, 0.717) is 6.61 Å². The van der Waals surface area contributed by atoms with Crippen LogP contribution < -0.4 is 10.2 Å². The van der Waals surface area contributed by atoms with Crippen LogP contribution in [0.2, 0.25) is 0 Å². The van der Waals surface area contributed by atoms with Crippen molar-refractivity contribution >= 4 is 43.4 Å². The summed E-state index contributed by atoms with van der Waals surface area (Å²) in [4.78, 5) is 8.47. The third kappa shape index (κ3) is 3.97. The minimum Gasteiger partial charge on any atom is -0.378 e. The zero-order valence-electron chi connectivity index (χ0n) is 19.5. The molecule has 0 saturated carbocycles. The molecule has 0 unspecified atom stereocenters. The van der Waals surface area contributed by atoms with Crippen LogP contribution in [0.1, 0.15) is 30.5 Å². The Hall–Kier alpha value is -2.88. The zero-order chi connectivity index (χ0) is 23.1. The predicted octanol–water partition coefficient (Wildman–Crippen LogP) is 3.98. The summed E-state index contributed by atoms with van der Waals surface area (Å²) in [5.74, 6) is 1.80. The molecule has 1 saturated heterocycles. The number of thiophene rings is 1. The second kappa shape index (κ2) is 8.72. The van der Waals surface area contributed by atoms with Gasteiger partial charge in [-0.1, -0.05) is 30.3 Å². The van der Waals surface area contributed by atoms with Crippen molar-refractivity contribution in [3.05, 3.63) is 47.0 Å². The van der Waals surface area contributed by atoms with Gasteiger partial charge in [0.15, 0.2) is 5.82 Å². The van der Waals surface area contributed by atoms with E-state index in [-0.39, 0.29) is 5.60 Å². The maximum atomic E-state index is 6.22. The molecule has 1 aromatic carbocycles. The normalized spacial score (nSPS) is 17.8. The minimum absolute atomic E-state index is 0.241. The fourth-order valence-electron chi connectivity index (χ4n) is 4.84. The van der Waals surface area contributed by atoms with Crippen LogP contribution >= 0.6 is 11.3 Å². The molecule has 8 nitrogen and oxygen atoms in total. The number of pyridine rings is 1. The molecule has 4 aromatic rings. The summed E-state index contributed by atoms with van der Waals surface area (Å²) in [5.41, 5.74) is 4.38. The van der Waals surface area contributed by atoms with Crippen molar-refractivity contribution in [3.63, 3.8) is 0 Å². The molecule has 0 radical (unpaired) electrons. The number of hydrogen-bond acceptors (Lipinski definition) is 9. The van der Waals surface area contributed by atoms with Crippen molar-refractivity contribution < 1.29 is 9.47 Å². The van der Waals surface area contributed by atoms with Crippen molar-refractivity contribution in [1.82, 2.24) is 20.4 Å². The van der Waals surface area contributed by atoms with Crippen LogP contribution in [0.25, 0.3) is 20.4 Å². The van der Waals surface area contributed by atoms with Gasteiger partial charge in [0.1, 0.15) is 20.9 Å². The Morgan fingerprint density at radius 2 is 1.91 bits per heavy atom. The summed E-state index contributed by atoms with van der Waals surface area (Å²) < 4.78 is 12.8. The minimum atomic E-state index is -0.241. The van der Waals surface area contributed by atoms with E-state index in [4.69, 9.17) is 14.5 Å². The molecule has 0 spiro atoms. The summed E-state index contributed by atoms with van der Waals surface area (Å²) in [6, 6.07) is 10.5. The van der Waals surface area contributed by atoms with Gasteiger partial charge in [-0.25, -0.2) is 4.98 Å². The van der Waals surface area contributed by atoms with Crippen molar-refractivity contribution in [2.24, 2.45) is 0 Å². The lowest BCUT2D eigenvalue weighted by Crippen LogP contribution is -2.39. The highest BCUT2D eigenvalue weighted by Crippen LogP contribution is 2.43. The molecule has 2 aliphatic rings. The number of rotatable bonds is 5. The fourth-order valence-corrected chi connectivity index (χ4v) is 5.93. The van der Waals surface area contributed by atoms with Gasteiger partial charge in [-0.05, 0) is 36.6 Å². The summed E-state index contributed by atoms with van der Waals surface area (Å²) in [5, 5.41) is 17.5. The van der Waals surface area contributed by atoms with Gasteiger partial charge in [-0.15, -0.1) is 21.5 Å². The van der Waals surface area contributed by atoms with E-state index in [0.717, 1.165) is 77.8 Å². The largest absolute Gasteiger partial charge is 0.378 e. The summed E-state index contributed by atoms with van der Waals surface area (Å²) in [7, 11) is 0. The summed E-state index contributed by atoms with van der Waals surface area (Å²) >= 11 is 1.65. The van der Waals surface area contributed by atoms with E-state index in [1.54, 1.807) is 11.3 Å². The number of morpholine rings is 1. The average molecular weight is 477 g/mol. The Morgan fingerprint density at radius 3 is 2.74 bits per heavy atom. The standard InChI is InChI=1S/C25H28N6O2S/c1-25(2)14-17-18(15-33-25)23(31-10-12-32-13-11-31)27-24-19(17)20-21(34-24)22(29-30-28-20)26-9-8-16-6-4-3-5-7-16/h3-7H,8-15H2,1-2H3,(H,26,28,29). The SMILES string of the molecule is CC1(C)Cc2c(c(N3CCOCC3)nc3sc4c(NCCc5ccccc5)nnnc4c23)CO1. The number of fused-ring (bicyclic) bond motifs is 5. The van der Waals surface area contributed by atoms with Gasteiger partial charge < -0.3 is 19.7 Å². The van der Waals surface area contributed by atoms with Crippen LogP contribution in [0, 0.1) is 0 Å². The first kappa shape index (κ1) is 21.6. The Kier molecular flexibility index (Phi) is 5.55. The second-order valence-corrected chi connectivity index (χ2v) is 10.5. The lowest BCUT2D eigenvalue weighted by molar-refractivity contribution is -0.0396. The first-order chi connectivity index (χ1) is 16.6. The molecule has 2 aliphatic heterocycles. The first-order valence-corrected chi connectivity index (χ1v) is 12.6. The van der Waals surface area contributed by atoms with E-state index in [1.807, 2.05) is 6.07 Å². The lowest BCUT2D eigenvalue weighted by atomic mass is 9.90. The second-order valence-electron chi connectivity index (χ2n) is 9.48. The van der Waals surface area contributed by atoms with Crippen LogP contribution in [0.4, 0.5) is 11.6 Å². The van der Waals surface area contributed by atoms with E-state index >= 15 is 0 Å². The number of nitrogens with one attached hydrogen (secondary N) is 1. The number of ether oxygens (including phenoxy) is 2. The smallest absolute Gasteiger partial charge is 0.170 e. The molecule has 0 amide bonds. The monoisotopic (exact) mass is 476 g/mol. The molecule has 1 N–H and O–H groups in total. The van der Waals surface area contributed by atoms with Crippen LogP contribution in [-0.2, 0) is 28.9 Å². The van der Waals surface area contributed by atoms with Gasteiger partial charge in [-0.3, -0.25) is 0 Å². The molecular weight excluding hydrogens is 448 g/mol. The van der Waals surface area contributed by atoms with Gasteiger partial charge in [0.25, 0.3) is 0 Å². The number of benzene rings is 1. The van der Waals surface area contributed by atoms with Crippen molar-refractivity contribution in [2.75, 3.05) is 43.1 Å². The highest BCUT2D eigenvalue weighted by atomic mass is 32.1. The van der Waals surface area contributed by atoms with E-state index in [1.165, 1.54) is 16.7 Å². The first-order valence-electron chi connectivity index (χ1n) is 11.8. The topological polar surface area (TPSA) is 85.3 Å². The van der Waals surface area contributed by atoms with Crippen molar-refractivity contribution in [2.45, 2.75) is 38.9 Å². The molecule has 1 fully saturated rings. The molecule has 176 valence electrons. The molecule has 5 heterocycles. The van der Waals surface area contributed by atoms with Crippen molar-refractivity contribution in [3.8, 4) is 0 Å². The summed E-state index contributed by atoms with van der Waals surface area (Å²) in [6.45, 7) is 8.74. The quantitative estimate of drug-likeness (QED) is 0.463. The molecule has 0 atom stereocenters. The van der Waals surface area contributed by atoms with E-state index in [2.05, 4.69) is 63.7 Å². The van der Waals surface area contributed by atoms with Gasteiger partial charge in [0.2, 0.25) is 0 Å². The van der Waals surface area contributed by atoms with Gasteiger partial charge in [0, 0.05) is 37.0 Å². The molecule has 9 heteroatoms. The van der Waals surface area contributed by atoms with Gasteiger partial charge in [-0.2, -0.15) is 0 Å². The zero-order valence-corrected chi connectivity index (χ0v) is 20.3. The third-order valence-corrected chi connectivity index (χ3v) is 7.66. The maximum Gasteiger partial charge on any atom is 0.170 e. The Balaban J connectivity index is 1.43. The molecule has 0 aliphatic carbocycles. The number of anilines is 2. The highest BCUT2D eigenvalue weighted by Gasteiger charge is 2.33. The average Bonchev–Trinajstić information content (AvgIpc) is 3.24. The Bertz CT molecular complexity index is 1330. The predicted molar refractivity (Wildman–Crippen MR) is 135 cm³/mol. The van der Waals surface area contributed by atoms with E-state index < -0.39 is 0 Å². The Labute approximate surface area is 202 Å². The van der Waals surface area contributed by atoms with Gasteiger partial charge in [0.05, 0.1) is 25.4 Å². The molecular formula is C25H28N6O2S. The molecule has 6 rings (SSSR count). The fraction of sp³-hybridized carbons (Fsp3) is 0.440. The number of hydrogen-bond donors (Lipinski definition) is 1. The van der Waals surface area contributed by atoms with Crippen LogP contribution in [0.15, 0.2) is 30.3 Å². The number of aromatic nitrogens is 4. The summed E-state index contributed by atoms with van der Waals surface area (Å²) in [6.07, 6.45) is 1.73. The number of nitrogens with zero attached hydrogens (tertiary/aromatic N) is 5. The Morgan fingerprint density at radius 1 is 1.09 bits per heavy atom. The van der Waals surface area contributed by atoms with Crippen molar-refractivity contribution in [1.29, 1.82) is 0 Å². The van der Waals surface area contributed by atoms with Crippen LogP contribution in [0.3, 0.4) is 0 Å². The third-order valence-electron chi connectivity index (χ3n) is 6.58.